The minimum Gasteiger partial charge on any atom is -0.336 e. The van der Waals surface area contributed by atoms with Crippen LogP contribution in [-0.4, -0.2) is 60.9 Å². The number of amides is 2. The minimum absolute atomic E-state index is 0.00993. The third kappa shape index (κ3) is 4.24. The molecule has 1 aromatic carbocycles. The molecular formula is C21H24ClN3O2S. The maximum atomic E-state index is 13.2. The van der Waals surface area contributed by atoms with Crippen LogP contribution in [0.15, 0.2) is 35.7 Å². The molecule has 4 rings (SSSR count). The molecule has 0 saturated carbocycles. The average molecular weight is 418 g/mol. The predicted molar refractivity (Wildman–Crippen MR) is 113 cm³/mol. The topological polar surface area (TPSA) is 43.9 Å². The molecule has 0 radical (unpaired) electrons. The van der Waals surface area contributed by atoms with Gasteiger partial charge in [0.15, 0.2) is 0 Å². The number of carbonyl (C=O) groups is 2. The highest BCUT2D eigenvalue weighted by atomic mass is 35.5. The molecule has 3 heterocycles. The van der Waals surface area contributed by atoms with Crippen LogP contribution in [-0.2, 0) is 11.2 Å². The maximum Gasteiger partial charge on any atom is 0.256 e. The molecule has 2 amide bonds. The number of nitrogens with zero attached hydrogens (tertiary/aromatic N) is 3. The van der Waals surface area contributed by atoms with Crippen LogP contribution in [0.2, 0.25) is 5.02 Å². The van der Waals surface area contributed by atoms with Gasteiger partial charge in [-0.25, -0.2) is 0 Å². The molecule has 0 bridgehead atoms. The first-order chi connectivity index (χ1) is 13.6. The van der Waals surface area contributed by atoms with Crippen molar-refractivity contribution in [1.29, 1.82) is 0 Å². The molecule has 5 nitrogen and oxygen atoms in total. The van der Waals surface area contributed by atoms with Gasteiger partial charge < -0.3 is 9.80 Å². The molecule has 0 aliphatic carbocycles. The van der Waals surface area contributed by atoms with E-state index >= 15 is 0 Å². The third-order valence-corrected chi connectivity index (χ3v) is 6.64. The fraction of sp³-hybridized carbons (Fsp3) is 0.429. The number of piperazine rings is 1. The van der Waals surface area contributed by atoms with Gasteiger partial charge in [-0.15, -0.1) is 11.3 Å². The quantitative estimate of drug-likeness (QED) is 0.747. The molecule has 2 aromatic rings. The van der Waals surface area contributed by atoms with Crippen molar-refractivity contribution in [3.63, 3.8) is 0 Å². The molecule has 1 aromatic heterocycles. The molecule has 0 unspecified atom stereocenters. The van der Waals surface area contributed by atoms with Gasteiger partial charge in [0, 0.05) is 55.6 Å². The molecule has 0 N–H and O–H groups in total. The fourth-order valence-corrected chi connectivity index (χ4v) is 4.74. The predicted octanol–water partition coefficient (Wildman–Crippen LogP) is 3.53. The van der Waals surface area contributed by atoms with Crippen molar-refractivity contribution in [2.24, 2.45) is 0 Å². The van der Waals surface area contributed by atoms with Crippen molar-refractivity contribution in [2.75, 3.05) is 44.2 Å². The zero-order valence-electron chi connectivity index (χ0n) is 15.8. The monoisotopic (exact) mass is 417 g/mol. The molecule has 148 valence electrons. The SMILES string of the molecule is O=C(c1ccc(Cl)cc1N1CCCC1=O)N1CCN(CCc2cccs2)CC1. The van der Waals surface area contributed by atoms with E-state index in [2.05, 4.69) is 22.4 Å². The van der Waals surface area contributed by atoms with E-state index in [1.807, 2.05) is 4.90 Å². The van der Waals surface area contributed by atoms with Crippen molar-refractivity contribution in [1.82, 2.24) is 9.80 Å². The summed E-state index contributed by atoms with van der Waals surface area (Å²) in [6, 6.07) is 9.50. The molecular weight excluding hydrogens is 394 g/mol. The highest BCUT2D eigenvalue weighted by molar-refractivity contribution is 7.09. The lowest BCUT2D eigenvalue weighted by atomic mass is 10.1. The number of hydrogen-bond donors (Lipinski definition) is 0. The van der Waals surface area contributed by atoms with Gasteiger partial charge in [-0.05, 0) is 42.5 Å². The molecule has 2 aliphatic rings. The van der Waals surface area contributed by atoms with Gasteiger partial charge in [0.05, 0.1) is 11.3 Å². The average Bonchev–Trinajstić information content (AvgIpc) is 3.38. The summed E-state index contributed by atoms with van der Waals surface area (Å²) in [5.41, 5.74) is 1.23. The third-order valence-electron chi connectivity index (χ3n) is 5.47. The van der Waals surface area contributed by atoms with Crippen LogP contribution in [0.5, 0.6) is 0 Å². The molecule has 0 atom stereocenters. The number of thiophene rings is 1. The molecule has 2 aliphatic heterocycles. The smallest absolute Gasteiger partial charge is 0.256 e. The van der Waals surface area contributed by atoms with Crippen LogP contribution in [0, 0.1) is 0 Å². The summed E-state index contributed by atoms with van der Waals surface area (Å²) in [5.74, 6) is 0.0546. The lowest BCUT2D eigenvalue weighted by molar-refractivity contribution is -0.117. The zero-order chi connectivity index (χ0) is 19.5. The van der Waals surface area contributed by atoms with Gasteiger partial charge in [0.25, 0.3) is 5.91 Å². The van der Waals surface area contributed by atoms with E-state index in [0.717, 1.165) is 32.5 Å². The Morgan fingerprint density at radius 2 is 1.93 bits per heavy atom. The summed E-state index contributed by atoms with van der Waals surface area (Å²) >= 11 is 7.96. The maximum absolute atomic E-state index is 13.2. The van der Waals surface area contributed by atoms with Crippen LogP contribution >= 0.6 is 22.9 Å². The Morgan fingerprint density at radius 3 is 2.61 bits per heavy atom. The Labute approximate surface area is 174 Å². The van der Waals surface area contributed by atoms with Crippen molar-refractivity contribution >= 4 is 40.4 Å². The van der Waals surface area contributed by atoms with E-state index in [4.69, 9.17) is 11.6 Å². The second-order valence-electron chi connectivity index (χ2n) is 7.27. The van der Waals surface area contributed by atoms with Gasteiger partial charge in [0.1, 0.15) is 0 Å². The van der Waals surface area contributed by atoms with Crippen molar-refractivity contribution in [3.05, 3.63) is 51.2 Å². The van der Waals surface area contributed by atoms with Crippen LogP contribution < -0.4 is 4.90 Å². The Morgan fingerprint density at radius 1 is 1.11 bits per heavy atom. The van der Waals surface area contributed by atoms with Crippen LogP contribution in [0.4, 0.5) is 5.69 Å². The van der Waals surface area contributed by atoms with E-state index in [-0.39, 0.29) is 11.8 Å². The molecule has 2 saturated heterocycles. The highest BCUT2D eigenvalue weighted by Gasteiger charge is 2.29. The first kappa shape index (κ1) is 19.4. The second-order valence-corrected chi connectivity index (χ2v) is 8.74. The van der Waals surface area contributed by atoms with Gasteiger partial charge in [-0.3, -0.25) is 14.5 Å². The molecule has 0 spiro atoms. The van der Waals surface area contributed by atoms with Gasteiger partial charge in [-0.1, -0.05) is 17.7 Å². The first-order valence-electron chi connectivity index (χ1n) is 9.76. The second kappa shape index (κ2) is 8.64. The number of hydrogen-bond acceptors (Lipinski definition) is 4. The van der Waals surface area contributed by atoms with Crippen LogP contribution in [0.1, 0.15) is 28.1 Å². The number of halogens is 1. The summed E-state index contributed by atoms with van der Waals surface area (Å²) in [5, 5.41) is 2.66. The Balaban J connectivity index is 1.41. The van der Waals surface area contributed by atoms with Gasteiger partial charge >= 0.3 is 0 Å². The standard InChI is InChI=1S/C21H24ClN3O2S/c22-16-5-6-18(19(15-16)25-8-1-4-20(25)26)21(27)24-12-10-23(11-13-24)9-7-17-3-2-14-28-17/h2-3,5-6,14-15H,1,4,7-13H2. The first-order valence-corrected chi connectivity index (χ1v) is 11.0. The Bertz CT molecular complexity index is 847. The minimum atomic E-state index is -0.00993. The summed E-state index contributed by atoms with van der Waals surface area (Å²) in [7, 11) is 0. The lowest BCUT2D eigenvalue weighted by Crippen LogP contribution is -2.49. The van der Waals surface area contributed by atoms with Gasteiger partial charge in [0.2, 0.25) is 5.91 Å². The van der Waals surface area contributed by atoms with Gasteiger partial charge in [-0.2, -0.15) is 0 Å². The number of rotatable bonds is 5. The summed E-state index contributed by atoms with van der Waals surface area (Å²) in [6.07, 6.45) is 2.41. The van der Waals surface area contributed by atoms with E-state index in [0.29, 0.717) is 42.3 Å². The zero-order valence-corrected chi connectivity index (χ0v) is 17.3. The summed E-state index contributed by atoms with van der Waals surface area (Å²) in [6.45, 7) is 4.84. The summed E-state index contributed by atoms with van der Waals surface area (Å²) < 4.78 is 0. The Hall–Kier alpha value is -1.89. The van der Waals surface area contributed by atoms with E-state index < -0.39 is 0 Å². The Kier molecular flexibility index (Phi) is 5.99. The van der Waals surface area contributed by atoms with Crippen LogP contribution in [0.25, 0.3) is 0 Å². The van der Waals surface area contributed by atoms with Crippen LogP contribution in [0.3, 0.4) is 0 Å². The molecule has 2 fully saturated rings. The number of anilines is 1. The largest absolute Gasteiger partial charge is 0.336 e. The lowest BCUT2D eigenvalue weighted by Gasteiger charge is -2.35. The van der Waals surface area contributed by atoms with Crippen molar-refractivity contribution in [2.45, 2.75) is 19.3 Å². The fourth-order valence-electron chi connectivity index (χ4n) is 3.88. The molecule has 28 heavy (non-hydrogen) atoms. The number of carbonyl (C=O) groups excluding carboxylic acids is 2. The molecule has 7 heteroatoms. The van der Waals surface area contributed by atoms with Crippen molar-refractivity contribution in [3.8, 4) is 0 Å². The normalized spacial score (nSPS) is 18.1. The van der Waals surface area contributed by atoms with E-state index in [1.165, 1.54) is 4.88 Å². The van der Waals surface area contributed by atoms with Crippen molar-refractivity contribution < 1.29 is 9.59 Å². The van der Waals surface area contributed by atoms with E-state index in [1.54, 1.807) is 34.4 Å². The highest BCUT2D eigenvalue weighted by Crippen LogP contribution is 2.30. The van der Waals surface area contributed by atoms with E-state index in [9.17, 15) is 9.59 Å². The number of benzene rings is 1. The summed E-state index contributed by atoms with van der Waals surface area (Å²) in [4.78, 5) is 32.8.